The van der Waals surface area contributed by atoms with E-state index >= 15 is 0 Å². The Hall–Kier alpha value is 0.650. The van der Waals surface area contributed by atoms with Crippen LogP contribution in [0.25, 0.3) is 0 Å². The number of alkyl halides is 1. The van der Waals surface area contributed by atoms with Crippen molar-refractivity contribution in [3.05, 3.63) is 0 Å². The molecule has 1 unspecified atom stereocenters. The third-order valence-corrected chi connectivity index (χ3v) is 1.59. The van der Waals surface area contributed by atoms with Gasteiger partial charge in [0, 0.05) is 0 Å². The van der Waals surface area contributed by atoms with Crippen LogP contribution in [0, 0.1) is 0 Å². The van der Waals surface area contributed by atoms with Crippen LogP contribution in [-0.2, 0) is 9.47 Å². The van der Waals surface area contributed by atoms with Crippen LogP contribution in [0.2, 0.25) is 0 Å². The molecule has 1 aliphatic heterocycles. The first-order valence-electron chi connectivity index (χ1n) is 2.56. The molecule has 2 nitrogen and oxygen atoms in total. The second-order valence-electron chi connectivity index (χ2n) is 2.24. The van der Waals surface area contributed by atoms with Gasteiger partial charge in [0.2, 0.25) is 0 Å². The van der Waals surface area contributed by atoms with Crippen LogP contribution >= 0.6 is 22.6 Å². The third kappa shape index (κ3) is 1.56. The van der Waals surface area contributed by atoms with Crippen molar-refractivity contribution in [3.8, 4) is 0 Å². The molecule has 0 aliphatic carbocycles. The van der Waals surface area contributed by atoms with Crippen molar-refractivity contribution >= 4 is 22.6 Å². The number of ether oxygens (including phenoxy) is 2. The molecule has 8 heavy (non-hydrogen) atoms. The SMILES string of the molecule is CC1(C)OCC(I)O1. The molecule has 0 radical (unpaired) electrons. The smallest absolute Gasteiger partial charge is 0.164 e. The van der Waals surface area contributed by atoms with E-state index in [0.29, 0.717) is 6.61 Å². The molecular weight excluding hydrogens is 219 g/mol. The van der Waals surface area contributed by atoms with Crippen LogP contribution in [0.3, 0.4) is 0 Å². The van der Waals surface area contributed by atoms with Gasteiger partial charge in [-0.2, -0.15) is 0 Å². The van der Waals surface area contributed by atoms with Crippen molar-refractivity contribution in [1.82, 2.24) is 0 Å². The molecule has 0 amide bonds. The Morgan fingerprint density at radius 2 is 2.25 bits per heavy atom. The van der Waals surface area contributed by atoms with E-state index in [-0.39, 0.29) is 9.90 Å². The fourth-order valence-corrected chi connectivity index (χ4v) is 1.43. The van der Waals surface area contributed by atoms with Crippen LogP contribution in [-0.4, -0.2) is 16.5 Å². The van der Waals surface area contributed by atoms with Gasteiger partial charge in [-0.3, -0.25) is 0 Å². The van der Waals surface area contributed by atoms with Gasteiger partial charge in [0.05, 0.1) is 6.61 Å². The van der Waals surface area contributed by atoms with Crippen molar-refractivity contribution in [2.24, 2.45) is 0 Å². The maximum atomic E-state index is 5.31. The summed E-state index contributed by atoms with van der Waals surface area (Å²) in [5.41, 5.74) is 0. The lowest BCUT2D eigenvalue weighted by molar-refractivity contribution is -0.127. The fraction of sp³-hybridized carbons (Fsp3) is 1.00. The first kappa shape index (κ1) is 6.77. The van der Waals surface area contributed by atoms with Gasteiger partial charge < -0.3 is 9.47 Å². The van der Waals surface area contributed by atoms with E-state index in [2.05, 4.69) is 22.6 Å². The lowest BCUT2D eigenvalue weighted by Gasteiger charge is -2.14. The minimum absolute atomic E-state index is 0.239. The quantitative estimate of drug-likeness (QED) is 0.462. The minimum Gasteiger partial charge on any atom is -0.347 e. The van der Waals surface area contributed by atoms with Crippen LogP contribution < -0.4 is 0 Å². The first-order valence-corrected chi connectivity index (χ1v) is 3.80. The Bertz CT molecular complexity index is 92.4. The molecule has 1 heterocycles. The lowest BCUT2D eigenvalue weighted by atomic mass is 10.4. The maximum Gasteiger partial charge on any atom is 0.164 e. The molecule has 0 bridgehead atoms. The molecule has 0 aromatic rings. The van der Waals surface area contributed by atoms with Gasteiger partial charge in [0.25, 0.3) is 0 Å². The number of halogens is 1. The first-order chi connectivity index (χ1) is 3.60. The monoisotopic (exact) mass is 228 g/mol. The molecule has 1 aliphatic rings. The molecule has 0 N–H and O–H groups in total. The van der Waals surface area contributed by atoms with Gasteiger partial charge >= 0.3 is 0 Å². The van der Waals surface area contributed by atoms with Crippen molar-refractivity contribution in [3.63, 3.8) is 0 Å². The Kier molecular flexibility index (Phi) is 1.79. The summed E-state index contributed by atoms with van der Waals surface area (Å²) in [6.07, 6.45) is 0. The van der Waals surface area contributed by atoms with Gasteiger partial charge in [-0.05, 0) is 36.4 Å². The van der Waals surface area contributed by atoms with E-state index in [1.54, 1.807) is 0 Å². The summed E-state index contributed by atoms with van der Waals surface area (Å²) in [5, 5.41) is 0. The van der Waals surface area contributed by atoms with Gasteiger partial charge in [-0.15, -0.1) is 0 Å². The highest BCUT2D eigenvalue weighted by molar-refractivity contribution is 14.1. The van der Waals surface area contributed by atoms with E-state index in [9.17, 15) is 0 Å². The molecule has 0 saturated carbocycles. The second-order valence-corrected chi connectivity index (χ2v) is 3.63. The van der Waals surface area contributed by atoms with Crippen LogP contribution in [0.1, 0.15) is 13.8 Å². The zero-order chi connectivity index (χ0) is 6.20. The van der Waals surface area contributed by atoms with E-state index < -0.39 is 0 Å². The zero-order valence-electron chi connectivity index (χ0n) is 4.98. The van der Waals surface area contributed by atoms with Gasteiger partial charge in [0.1, 0.15) is 4.11 Å². The summed E-state index contributed by atoms with van der Waals surface area (Å²) in [5.74, 6) is -0.341. The topological polar surface area (TPSA) is 18.5 Å². The molecule has 1 atom stereocenters. The molecule has 0 aromatic carbocycles. The van der Waals surface area contributed by atoms with E-state index in [1.165, 1.54) is 0 Å². The highest BCUT2D eigenvalue weighted by Crippen LogP contribution is 2.25. The Labute approximate surface area is 62.7 Å². The van der Waals surface area contributed by atoms with Gasteiger partial charge in [-0.1, -0.05) is 0 Å². The van der Waals surface area contributed by atoms with Gasteiger partial charge in [0.15, 0.2) is 5.79 Å². The van der Waals surface area contributed by atoms with E-state index in [4.69, 9.17) is 9.47 Å². The maximum absolute atomic E-state index is 5.31. The molecular formula is C5H9IO2. The number of hydrogen-bond donors (Lipinski definition) is 0. The van der Waals surface area contributed by atoms with Crippen molar-refractivity contribution < 1.29 is 9.47 Å². The summed E-state index contributed by atoms with van der Waals surface area (Å²) in [7, 11) is 0. The predicted molar refractivity (Wildman–Crippen MR) is 38.9 cm³/mol. The summed E-state index contributed by atoms with van der Waals surface area (Å²) < 4.78 is 10.8. The molecule has 1 fully saturated rings. The standard InChI is InChI=1S/C5H9IO2/c1-5(2)7-3-4(6)8-5/h4H,3H2,1-2H3. The summed E-state index contributed by atoms with van der Waals surface area (Å²) >= 11 is 2.21. The molecule has 1 saturated heterocycles. The highest BCUT2D eigenvalue weighted by Gasteiger charge is 2.30. The Balaban J connectivity index is 2.44. The summed E-state index contributed by atoms with van der Waals surface area (Å²) in [6, 6.07) is 0. The van der Waals surface area contributed by atoms with Crippen LogP contribution in [0.5, 0.6) is 0 Å². The minimum atomic E-state index is -0.341. The number of rotatable bonds is 0. The van der Waals surface area contributed by atoms with Crippen LogP contribution in [0.15, 0.2) is 0 Å². The molecule has 0 aromatic heterocycles. The van der Waals surface area contributed by atoms with Crippen LogP contribution in [0.4, 0.5) is 0 Å². The average molecular weight is 228 g/mol. The molecule has 48 valence electrons. The van der Waals surface area contributed by atoms with Gasteiger partial charge in [-0.25, -0.2) is 0 Å². The second kappa shape index (κ2) is 2.11. The van der Waals surface area contributed by atoms with Crippen molar-refractivity contribution in [1.29, 1.82) is 0 Å². The Morgan fingerprint density at radius 1 is 1.62 bits per heavy atom. The van der Waals surface area contributed by atoms with E-state index in [0.717, 1.165) is 0 Å². The van der Waals surface area contributed by atoms with Crippen molar-refractivity contribution in [2.75, 3.05) is 6.61 Å². The molecule has 0 spiro atoms. The zero-order valence-corrected chi connectivity index (χ0v) is 7.14. The predicted octanol–water partition coefficient (Wildman–Crippen LogP) is 1.53. The molecule has 1 rings (SSSR count). The van der Waals surface area contributed by atoms with Crippen molar-refractivity contribution in [2.45, 2.75) is 23.7 Å². The lowest BCUT2D eigenvalue weighted by Crippen LogP contribution is -2.19. The normalized spacial score (nSPS) is 35.6. The largest absolute Gasteiger partial charge is 0.347 e. The molecule has 3 heteroatoms. The summed E-state index contributed by atoms with van der Waals surface area (Å²) in [4.78, 5) is 0. The summed E-state index contributed by atoms with van der Waals surface area (Å²) in [6.45, 7) is 4.56. The average Bonchev–Trinajstić information content (AvgIpc) is 1.82. The third-order valence-electron chi connectivity index (χ3n) is 0.974. The van der Waals surface area contributed by atoms with E-state index in [1.807, 2.05) is 13.8 Å². The number of hydrogen-bond acceptors (Lipinski definition) is 2. The Morgan fingerprint density at radius 3 is 2.38 bits per heavy atom. The fourth-order valence-electron chi connectivity index (χ4n) is 0.642. The highest BCUT2D eigenvalue weighted by atomic mass is 127.